The molecule has 1 aliphatic rings. The first kappa shape index (κ1) is 19.2. The van der Waals surface area contributed by atoms with E-state index in [2.05, 4.69) is 4.98 Å². The van der Waals surface area contributed by atoms with Crippen molar-refractivity contribution in [3.8, 4) is 0 Å². The number of hydrogen-bond donors (Lipinski definition) is 1. The zero-order valence-corrected chi connectivity index (χ0v) is 15.2. The Labute approximate surface area is 154 Å². The molecule has 1 saturated heterocycles. The van der Waals surface area contributed by atoms with Gasteiger partial charge in [0.15, 0.2) is 5.76 Å². The van der Waals surface area contributed by atoms with Crippen LogP contribution < -0.4 is 14.8 Å². The summed E-state index contributed by atoms with van der Waals surface area (Å²) in [7, 11) is 1.33. The van der Waals surface area contributed by atoms with E-state index in [0.717, 1.165) is 31.1 Å². The van der Waals surface area contributed by atoms with Crippen molar-refractivity contribution in [1.82, 2.24) is 0 Å². The number of aryl methyl sites for hydroxylation is 1. The summed E-state index contributed by atoms with van der Waals surface area (Å²) in [4.78, 5) is 17.7. The number of methoxy groups -OCH3 is 1. The minimum absolute atomic E-state index is 0.417. The Morgan fingerprint density at radius 1 is 1.33 bits per heavy atom. The van der Waals surface area contributed by atoms with Gasteiger partial charge in [0.2, 0.25) is 0 Å². The SMILES string of the molecule is COC(=O)c1cc(C[NH+]2CCN(c3ccc(C(F)(F)F)c[nH+]3)CC2)oc1C. The number of alkyl halides is 3. The van der Waals surface area contributed by atoms with Crippen LogP contribution >= 0.6 is 0 Å². The van der Waals surface area contributed by atoms with Crippen LogP contribution in [0.4, 0.5) is 19.0 Å². The number of aromatic nitrogens is 1. The molecule has 1 aliphatic heterocycles. The lowest BCUT2D eigenvalue weighted by molar-refractivity contribution is -0.915. The number of H-pyrrole nitrogens is 1. The predicted octanol–water partition coefficient (Wildman–Crippen LogP) is 1.11. The fraction of sp³-hybridized carbons (Fsp3) is 0.444. The highest BCUT2D eigenvalue weighted by molar-refractivity contribution is 5.90. The van der Waals surface area contributed by atoms with Gasteiger partial charge in [-0.25, -0.2) is 9.78 Å². The van der Waals surface area contributed by atoms with E-state index < -0.39 is 17.7 Å². The van der Waals surface area contributed by atoms with Gasteiger partial charge >= 0.3 is 12.1 Å². The average Bonchev–Trinajstić information content (AvgIpc) is 3.01. The molecule has 27 heavy (non-hydrogen) atoms. The number of carbonyl (C=O) groups is 1. The molecule has 0 spiro atoms. The number of pyridine rings is 1. The van der Waals surface area contributed by atoms with Crippen molar-refractivity contribution in [2.24, 2.45) is 0 Å². The highest BCUT2D eigenvalue weighted by Gasteiger charge is 2.33. The van der Waals surface area contributed by atoms with Gasteiger partial charge in [0.05, 0.1) is 12.7 Å². The molecule has 0 aliphatic carbocycles. The Bertz CT molecular complexity index is 794. The molecular weight excluding hydrogens is 363 g/mol. The van der Waals surface area contributed by atoms with Crippen LogP contribution in [0.2, 0.25) is 0 Å². The number of piperazine rings is 1. The second-order valence-corrected chi connectivity index (χ2v) is 6.55. The van der Waals surface area contributed by atoms with Gasteiger partial charge in [0.25, 0.3) is 5.82 Å². The van der Waals surface area contributed by atoms with Crippen molar-refractivity contribution in [3.05, 3.63) is 47.0 Å². The lowest BCUT2D eigenvalue weighted by Gasteiger charge is -2.27. The average molecular weight is 385 g/mol. The summed E-state index contributed by atoms with van der Waals surface area (Å²) >= 11 is 0. The summed E-state index contributed by atoms with van der Waals surface area (Å²) in [6.45, 7) is 5.40. The van der Waals surface area contributed by atoms with Crippen molar-refractivity contribution in [3.63, 3.8) is 0 Å². The molecular formula is C18H22F3N3O3+2. The van der Waals surface area contributed by atoms with Gasteiger partial charge in [-0.15, -0.1) is 0 Å². The van der Waals surface area contributed by atoms with Crippen molar-refractivity contribution in [1.29, 1.82) is 0 Å². The summed E-state index contributed by atoms with van der Waals surface area (Å²) in [6, 6.07) is 4.27. The number of carbonyl (C=O) groups excluding carboxylic acids is 1. The van der Waals surface area contributed by atoms with Crippen LogP contribution in [0.3, 0.4) is 0 Å². The van der Waals surface area contributed by atoms with Gasteiger partial charge in [-0.3, -0.25) is 4.90 Å². The molecule has 6 nitrogen and oxygen atoms in total. The molecule has 0 saturated carbocycles. The number of nitrogens with zero attached hydrogens (tertiary/aromatic N) is 1. The maximum atomic E-state index is 12.6. The number of furan rings is 1. The van der Waals surface area contributed by atoms with Gasteiger partial charge in [-0.05, 0) is 13.0 Å². The lowest BCUT2D eigenvalue weighted by atomic mass is 10.2. The maximum Gasteiger partial charge on any atom is 0.419 e. The Balaban J connectivity index is 1.57. The number of nitrogens with one attached hydrogen (secondary N) is 2. The van der Waals surface area contributed by atoms with Crippen LogP contribution in [0.1, 0.15) is 27.4 Å². The first-order chi connectivity index (χ1) is 12.8. The second-order valence-electron chi connectivity index (χ2n) is 6.55. The van der Waals surface area contributed by atoms with E-state index in [1.165, 1.54) is 18.1 Å². The molecule has 3 rings (SSSR count). The standard InChI is InChI=1S/C18H20F3N3O3/c1-12-15(17(25)26-2)9-14(27-12)11-23-5-7-24(8-6-23)16-4-3-13(10-22-16)18(19,20)21/h3-4,9-10H,5-8,11H2,1-2H3/p+2. The van der Waals surface area contributed by atoms with Crippen LogP contribution in [0.5, 0.6) is 0 Å². The smallest absolute Gasteiger partial charge is 0.419 e. The van der Waals surface area contributed by atoms with Crippen LogP contribution in [0, 0.1) is 6.92 Å². The topological polar surface area (TPSA) is 61.3 Å². The van der Waals surface area contributed by atoms with Gasteiger partial charge in [-0.2, -0.15) is 13.2 Å². The number of hydrogen-bond acceptors (Lipinski definition) is 4. The normalized spacial score (nSPS) is 15.8. The number of halogens is 3. The van der Waals surface area contributed by atoms with E-state index >= 15 is 0 Å². The third-order valence-electron chi connectivity index (χ3n) is 4.73. The number of quaternary nitrogens is 1. The van der Waals surface area contributed by atoms with Gasteiger partial charge in [-0.1, -0.05) is 0 Å². The molecule has 0 unspecified atom stereocenters. The summed E-state index contributed by atoms with van der Waals surface area (Å²) in [5, 5.41) is 0. The summed E-state index contributed by atoms with van der Waals surface area (Å²) in [5.74, 6) is 1.51. The Kier molecular flexibility index (Phi) is 5.41. The molecule has 2 aromatic heterocycles. The number of rotatable bonds is 4. The van der Waals surface area contributed by atoms with Gasteiger partial charge in [0.1, 0.15) is 50.2 Å². The zero-order valence-electron chi connectivity index (χ0n) is 15.2. The summed E-state index contributed by atoms with van der Waals surface area (Å²) in [5.41, 5.74) is -0.255. The van der Waals surface area contributed by atoms with Gasteiger partial charge in [0, 0.05) is 12.1 Å². The van der Waals surface area contributed by atoms with E-state index in [1.807, 2.05) is 4.90 Å². The summed E-state index contributed by atoms with van der Waals surface area (Å²) < 4.78 is 48.3. The first-order valence-corrected chi connectivity index (χ1v) is 8.63. The monoisotopic (exact) mass is 385 g/mol. The second kappa shape index (κ2) is 7.59. The summed E-state index contributed by atoms with van der Waals surface area (Å²) in [6.07, 6.45) is -3.35. The molecule has 3 heterocycles. The quantitative estimate of drug-likeness (QED) is 0.802. The van der Waals surface area contributed by atoms with Crippen molar-refractivity contribution in [2.45, 2.75) is 19.6 Å². The van der Waals surface area contributed by atoms with Crippen LogP contribution in [-0.2, 0) is 17.5 Å². The maximum absolute atomic E-state index is 12.6. The molecule has 1 fully saturated rings. The van der Waals surface area contributed by atoms with E-state index in [1.54, 1.807) is 13.0 Å². The van der Waals surface area contributed by atoms with E-state index in [0.29, 0.717) is 36.8 Å². The Morgan fingerprint density at radius 3 is 2.59 bits per heavy atom. The van der Waals surface area contributed by atoms with Crippen molar-refractivity contribution in [2.75, 3.05) is 38.2 Å². The Hall–Kier alpha value is -2.55. The Morgan fingerprint density at radius 2 is 2.04 bits per heavy atom. The van der Waals surface area contributed by atoms with E-state index in [-0.39, 0.29) is 0 Å². The largest absolute Gasteiger partial charge is 0.465 e. The lowest BCUT2D eigenvalue weighted by Crippen LogP contribution is -3.13. The van der Waals surface area contributed by atoms with Crippen molar-refractivity contribution >= 4 is 11.8 Å². The number of anilines is 1. The third-order valence-corrected chi connectivity index (χ3v) is 4.73. The predicted molar refractivity (Wildman–Crippen MR) is 89.4 cm³/mol. The molecule has 0 aromatic carbocycles. The van der Waals surface area contributed by atoms with Crippen molar-refractivity contribution < 1.29 is 37.0 Å². The molecule has 2 N–H and O–H groups in total. The molecule has 9 heteroatoms. The molecule has 2 aromatic rings. The molecule has 146 valence electrons. The molecule has 0 amide bonds. The highest BCUT2D eigenvalue weighted by atomic mass is 19.4. The number of esters is 1. The van der Waals surface area contributed by atoms with E-state index in [4.69, 9.17) is 9.15 Å². The molecule has 0 radical (unpaired) electrons. The number of aromatic amines is 1. The van der Waals surface area contributed by atoms with Crippen LogP contribution in [0.25, 0.3) is 0 Å². The zero-order chi connectivity index (χ0) is 19.6. The molecule has 0 atom stereocenters. The third kappa shape index (κ3) is 4.41. The van der Waals surface area contributed by atoms with Gasteiger partial charge < -0.3 is 14.1 Å². The fourth-order valence-electron chi connectivity index (χ4n) is 3.22. The highest BCUT2D eigenvalue weighted by Crippen LogP contribution is 2.28. The fourth-order valence-corrected chi connectivity index (χ4v) is 3.22. The number of ether oxygens (including phenoxy) is 1. The minimum Gasteiger partial charge on any atom is -0.465 e. The van der Waals surface area contributed by atoms with Crippen LogP contribution in [0.15, 0.2) is 28.8 Å². The van der Waals surface area contributed by atoms with E-state index in [9.17, 15) is 18.0 Å². The van der Waals surface area contributed by atoms with Crippen LogP contribution in [-0.4, -0.2) is 39.3 Å². The first-order valence-electron chi connectivity index (χ1n) is 8.63. The molecule has 0 bridgehead atoms. The minimum atomic E-state index is -4.35.